The Kier molecular flexibility index (Phi) is 7.21. The molecule has 118 valence electrons. The fraction of sp³-hybridized carbons (Fsp3) is 0.200. The lowest BCUT2D eigenvalue weighted by molar-refractivity contribution is -0.159. The molecule has 2 aromatic rings. The minimum atomic E-state index is -1.82. The molecule has 0 amide bonds. The Morgan fingerprint density at radius 2 is 1.73 bits per heavy atom. The Bertz CT molecular complexity index is 565. The van der Waals surface area contributed by atoms with Crippen molar-refractivity contribution in [3.63, 3.8) is 0 Å². The number of carbonyl (C=O) groups is 2. The summed E-state index contributed by atoms with van der Waals surface area (Å²) in [6.07, 6.45) is 1.68. The zero-order valence-corrected chi connectivity index (χ0v) is 12.0. The Morgan fingerprint density at radius 3 is 2.18 bits per heavy atom. The van der Waals surface area contributed by atoms with Gasteiger partial charge in [0.1, 0.15) is 11.5 Å². The molecule has 2 rings (SSSR count). The van der Waals surface area contributed by atoms with Gasteiger partial charge in [0.15, 0.2) is 0 Å². The monoisotopic (exact) mass is 307 g/mol. The topological polar surface area (TPSA) is 109 Å². The van der Waals surface area contributed by atoms with Gasteiger partial charge in [-0.1, -0.05) is 12.1 Å². The molecule has 0 atom stereocenters. The van der Waals surface area contributed by atoms with Gasteiger partial charge >= 0.3 is 11.9 Å². The normalized spacial score (nSPS) is 9.50. The molecule has 0 saturated heterocycles. The van der Waals surface area contributed by atoms with E-state index in [-0.39, 0.29) is 0 Å². The molecule has 0 saturated carbocycles. The van der Waals surface area contributed by atoms with E-state index in [0.717, 1.165) is 24.6 Å². The fourth-order valence-corrected chi connectivity index (χ4v) is 1.49. The van der Waals surface area contributed by atoms with Gasteiger partial charge in [0.2, 0.25) is 0 Å². The largest absolute Gasteiger partial charge is 0.497 e. The van der Waals surface area contributed by atoms with Crippen molar-refractivity contribution in [2.45, 2.75) is 13.1 Å². The molecule has 7 nitrogen and oxygen atoms in total. The molecule has 3 N–H and O–H groups in total. The van der Waals surface area contributed by atoms with Crippen LogP contribution in [0.25, 0.3) is 0 Å². The second kappa shape index (κ2) is 9.19. The zero-order valence-electron chi connectivity index (χ0n) is 12.0. The third kappa shape index (κ3) is 6.58. The van der Waals surface area contributed by atoms with Crippen molar-refractivity contribution in [3.05, 3.63) is 54.0 Å². The van der Waals surface area contributed by atoms with Gasteiger partial charge in [-0.25, -0.2) is 9.59 Å². The maximum atomic E-state index is 9.10. The molecule has 7 heteroatoms. The van der Waals surface area contributed by atoms with Crippen LogP contribution in [-0.2, 0) is 22.7 Å². The highest BCUT2D eigenvalue weighted by Gasteiger charge is 2.04. The molecule has 0 bridgehead atoms. The van der Waals surface area contributed by atoms with Gasteiger partial charge in [0.05, 0.1) is 19.9 Å². The smallest absolute Gasteiger partial charge is 0.414 e. The molecule has 1 aromatic carbocycles. The van der Waals surface area contributed by atoms with E-state index in [2.05, 4.69) is 5.32 Å². The Morgan fingerprint density at radius 1 is 1.09 bits per heavy atom. The minimum absolute atomic E-state index is 0.749. The van der Waals surface area contributed by atoms with Crippen molar-refractivity contribution in [1.82, 2.24) is 5.32 Å². The lowest BCUT2D eigenvalue weighted by atomic mass is 10.2. The van der Waals surface area contributed by atoms with Crippen molar-refractivity contribution in [2.24, 2.45) is 0 Å². The number of methoxy groups -OCH3 is 1. The summed E-state index contributed by atoms with van der Waals surface area (Å²) in [7, 11) is 1.67. The standard InChI is InChI=1S/C13H15NO2.C2H2O4/c1-15-12-6-4-11(5-7-12)9-14-10-13-3-2-8-16-13;3-1(4)2(5)6/h2-8,14H,9-10H2,1H3;(H,3,4)(H,5,6). The first-order valence-corrected chi connectivity index (χ1v) is 6.35. The molecule has 1 aromatic heterocycles. The van der Waals surface area contributed by atoms with Crippen LogP contribution >= 0.6 is 0 Å². The molecule has 0 unspecified atom stereocenters. The third-order valence-corrected chi connectivity index (χ3v) is 2.55. The van der Waals surface area contributed by atoms with E-state index in [1.54, 1.807) is 13.4 Å². The molecular formula is C15H17NO6. The Hall–Kier alpha value is -2.80. The summed E-state index contributed by atoms with van der Waals surface area (Å²) in [6.45, 7) is 1.57. The van der Waals surface area contributed by atoms with E-state index in [1.165, 1.54) is 5.56 Å². The highest BCUT2D eigenvalue weighted by Crippen LogP contribution is 2.11. The molecule has 1 heterocycles. The van der Waals surface area contributed by atoms with Crippen molar-refractivity contribution in [3.8, 4) is 5.75 Å². The second-order valence-corrected chi connectivity index (χ2v) is 4.14. The second-order valence-electron chi connectivity index (χ2n) is 4.14. The molecule has 0 aliphatic rings. The number of benzene rings is 1. The van der Waals surface area contributed by atoms with Gasteiger partial charge in [-0.15, -0.1) is 0 Å². The summed E-state index contributed by atoms with van der Waals surface area (Å²) in [5, 5.41) is 18.1. The van der Waals surface area contributed by atoms with Crippen LogP contribution in [0, 0.1) is 0 Å². The van der Waals surface area contributed by atoms with Crippen LogP contribution in [0.15, 0.2) is 47.1 Å². The molecule has 22 heavy (non-hydrogen) atoms. The summed E-state index contributed by atoms with van der Waals surface area (Å²) >= 11 is 0. The number of carboxylic acid groups (broad SMARTS) is 2. The van der Waals surface area contributed by atoms with Crippen LogP contribution in [0.2, 0.25) is 0 Å². The highest BCUT2D eigenvalue weighted by molar-refractivity contribution is 6.27. The molecule has 0 fully saturated rings. The number of aliphatic carboxylic acids is 2. The number of ether oxygens (including phenoxy) is 1. The van der Waals surface area contributed by atoms with E-state index in [1.807, 2.05) is 36.4 Å². The minimum Gasteiger partial charge on any atom is -0.497 e. The Balaban J connectivity index is 0.000000346. The number of hydrogen-bond acceptors (Lipinski definition) is 5. The van der Waals surface area contributed by atoms with Crippen LogP contribution in [0.4, 0.5) is 0 Å². The zero-order chi connectivity index (χ0) is 16.4. The predicted molar refractivity (Wildman–Crippen MR) is 77.5 cm³/mol. The van der Waals surface area contributed by atoms with Gasteiger partial charge in [-0.2, -0.15) is 0 Å². The SMILES string of the molecule is COc1ccc(CNCc2ccco2)cc1.O=C(O)C(=O)O. The highest BCUT2D eigenvalue weighted by atomic mass is 16.5. The number of nitrogens with one attached hydrogen (secondary N) is 1. The number of carboxylic acids is 2. The van der Waals surface area contributed by atoms with E-state index >= 15 is 0 Å². The van der Waals surface area contributed by atoms with Gasteiger partial charge in [-0.3, -0.25) is 0 Å². The number of furan rings is 1. The first-order chi connectivity index (χ1) is 10.5. The van der Waals surface area contributed by atoms with E-state index in [9.17, 15) is 0 Å². The summed E-state index contributed by atoms with van der Waals surface area (Å²) < 4.78 is 10.3. The summed E-state index contributed by atoms with van der Waals surface area (Å²) in [5.74, 6) is -1.81. The van der Waals surface area contributed by atoms with E-state index in [4.69, 9.17) is 29.0 Å². The maximum absolute atomic E-state index is 9.10. The van der Waals surface area contributed by atoms with Crippen LogP contribution in [-0.4, -0.2) is 29.3 Å². The van der Waals surface area contributed by atoms with Crippen molar-refractivity contribution < 1.29 is 29.0 Å². The quantitative estimate of drug-likeness (QED) is 0.722. The van der Waals surface area contributed by atoms with Gasteiger partial charge in [0.25, 0.3) is 0 Å². The predicted octanol–water partition coefficient (Wildman–Crippen LogP) is 1.73. The van der Waals surface area contributed by atoms with Gasteiger partial charge in [-0.05, 0) is 29.8 Å². The lowest BCUT2D eigenvalue weighted by Gasteiger charge is -2.04. The molecule has 0 aliphatic heterocycles. The van der Waals surface area contributed by atoms with Crippen LogP contribution < -0.4 is 10.1 Å². The van der Waals surface area contributed by atoms with Crippen molar-refractivity contribution in [1.29, 1.82) is 0 Å². The van der Waals surface area contributed by atoms with E-state index in [0.29, 0.717) is 0 Å². The van der Waals surface area contributed by atoms with Crippen LogP contribution in [0.3, 0.4) is 0 Å². The third-order valence-electron chi connectivity index (χ3n) is 2.55. The average Bonchev–Trinajstić information content (AvgIpc) is 3.02. The van der Waals surface area contributed by atoms with Crippen molar-refractivity contribution in [2.75, 3.05) is 7.11 Å². The van der Waals surface area contributed by atoms with E-state index < -0.39 is 11.9 Å². The Labute approximate surface area is 127 Å². The average molecular weight is 307 g/mol. The first kappa shape index (κ1) is 17.3. The van der Waals surface area contributed by atoms with Crippen LogP contribution in [0.5, 0.6) is 5.75 Å². The van der Waals surface area contributed by atoms with Gasteiger partial charge < -0.3 is 24.7 Å². The summed E-state index contributed by atoms with van der Waals surface area (Å²) in [4.78, 5) is 18.2. The summed E-state index contributed by atoms with van der Waals surface area (Å²) in [6, 6.07) is 11.9. The maximum Gasteiger partial charge on any atom is 0.414 e. The van der Waals surface area contributed by atoms with Crippen molar-refractivity contribution >= 4 is 11.9 Å². The lowest BCUT2D eigenvalue weighted by Crippen LogP contribution is -2.11. The molecular weight excluding hydrogens is 290 g/mol. The molecule has 0 radical (unpaired) electrons. The van der Waals surface area contributed by atoms with Gasteiger partial charge in [0, 0.05) is 6.54 Å². The molecule has 0 aliphatic carbocycles. The van der Waals surface area contributed by atoms with Crippen LogP contribution in [0.1, 0.15) is 11.3 Å². The number of rotatable bonds is 5. The summed E-state index contributed by atoms with van der Waals surface area (Å²) in [5.41, 5.74) is 1.23. The molecule has 0 spiro atoms. The number of hydrogen-bond donors (Lipinski definition) is 3. The fourth-order valence-electron chi connectivity index (χ4n) is 1.49. The first-order valence-electron chi connectivity index (χ1n) is 6.35.